The quantitative estimate of drug-likeness (QED) is 0.943. The molecule has 2 rings (SSSR count). The average Bonchev–Trinajstić information content (AvgIpc) is 2.41. The molecule has 1 aromatic heterocycles. The number of rotatable bonds is 4. The Balaban J connectivity index is 2.64. The predicted octanol–water partition coefficient (Wildman–Crippen LogP) is 3.20. The molecule has 112 valence electrons. The van der Waals surface area contributed by atoms with Gasteiger partial charge in [-0.2, -0.15) is 5.10 Å². The molecule has 0 saturated heterocycles. The molecule has 0 bridgehead atoms. The van der Waals surface area contributed by atoms with Crippen LogP contribution in [0.4, 0.5) is 0 Å². The van der Waals surface area contributed by atoms with Gasteiger partial charge in [0.25, 0.3) is 5.56 Å². The van der Waals surface area contributed by atoms with Gasteiger partial charge in [0, 0.05) is 17.1 Å². The summed E-state index contributed by atoms with van der Waals surface area (Å²) in [5.74, 6) is 0. The zero-order valence-corrected chi connectivity index (χ0v) is 13.2. The fourth-order valence-electron chi connectivity index (χ4n) is 2.11. The summed E-state index contributed by atoms with van der Waals surface area (Å²) >= 11 is 5.89. The zero-order valence-electron chi connectivity index (χ0n) is 12.4. The highest BCUT2D eigenvalue weighted by molar-refractivity contribution is 6.30. The van der Waals surface area contributed by atoms with E-state index in [2.05, 4.69) is 5.10 Å². The Morgan fingerprint density at radius 1 is 1.29 bits per heavy atom. The van der Waals surface area contributed by atoms with Gasteiger partial charge in [0.1, 0.15) is 0 Å². The number of aryl methyl sites for hydroxylation is 1. The summed E-state index contributed by atoms with van der Waals surface area (Å²) in [6.45, 7) is 5.70. The molecule has 0 fully saturated rings. The van der Waals surface area contributed by atoms with Gasteiger partial charge in [0.15, 0.2) is 0 Å². The summed E-state index contributed by atoms with van der Waals surface area (Å²) in [6.07, 6.45) is 0.794. The van der Waals surface area contributed by atoms with Crippen molar-refractivity contribution in [3.05, 3.63) is 51.3 Å². The molecule has 0 unspecified atom stereocenters. The van der Waals surface area contributed by atoms with E-state index in [1.807, 2.05) is 19.1 Å². The molecule has 1 aromatic carbocycles. The maximum Gasteiger partial charge on any atom is 0.272 e. The van der Waals surface area contributed by atoms with Crippen molar-refractivity contribution in [1.82, 2.24) is 9.78 Å². The molecule has 0 atom stereocenters. The number of aromatic nitrogens is 2. The van der Waals surface area contributed by atoms with Crippen LogP contribution in [-0.4, -0.2) is 14.9 Å². The van der Waals surface area contributed by atoms with Crippen LogP contribution in [0.1, 0.15) is 32.8 Å². The van der Waals surface area contributed by atoms with Gasteiger partial charge in [-0.3, -0.25) is 4.79 Å². The van der Waals surface area contributed by atoms with Crippen molar-refractivity contribution in [1.29, 1.82) is 0 Å². The predicted molar refractivity (Wildman–Crippen MR) is 84.5 cm³/mol. The second-order valence-corrected chi connectivity index (χ2v) is 5.97. The van der Waals surface area contributed by atoms with Crippen molar-refractivity contribution in [2.45, 2.75) is 39.3 Å². The SMILES string of the molecule is CCCn1nc(-c2ccc(Cl)cc2)cc(C(C)(C)O)c1=O. The number of nitrogens with zero attached hydrogens (tertiary/aromatic N) is 2. The Labute approximate surface area is 129 Å². The summed E-state index contributed by atoms with van der Waals surface area (Å²) in [5, 5.41) is 15.2. The van der Waals surface area contributed by atoms with Crippen LogP contribution in [0.3, 0.4) is 0 Å². The van der Waals surface area contributed by atoms with Crippen molar-refractivity contribution in [2.24, 2.45) is 0 Å². The van der Waals surface area contributed by atoms with Gasteiger partial charge in [-0.15, -0.1) is 0 Å². The topological polar surface area (TPSA) is 55.1 Å². The smallest absolute Gasteiger partial charge is 0.272 e. The number of aliphatic hydroxyl groups is 1. The summed E-state index contributed by atoms with van der Waals surface area (Å²) in [6, 6.07) is 8.89. The van der Waals surface area contributed by atoms with Crippen LogP contribution in [0, 0.1) is 0 Å². The average molecular weight is 307 g/mol. The van der Waals surface area contributed by atoms with Crippen LogP contribution in [0.15, 0.2) is 35.1 Å². The standard InChI is InChI=1S/C16H19ClN2O2/c1-4-9-19-15(20)13(16(2,3)21)10-14(18-19)11-5-7-12(17)8-6-11/h5-8,10,21H,4,9H2,1-3H3. The molecule has 0 amide bonds. The molecular weight excluding hydrogens is 288 g/mol. The monoisotopic (exact) mass is 306 g/mol. The summed E-state index contributed by atoms with van der Waals surface area (Å²) in [5.41, 5.74) is 0.390. The lowest BCUT2D eigenvalue weighted by molar-refractivity contribution is 0.0761. The molecule has 0 aliphatic carbocycles. The Morgan fingerprint density at radius 2 is 1.90 bits per heavy atom. The van der Waals surface area contributed by atoms with Gasteiger partial charge >= 0.3 is 0 Å². The normalized spacial score (nSPS) is 11.7. The van der Waals surface area contributed by atoms with Crippen molar-refractivity contribution in [3.8, 4) is 11.3 Å². The Hall–Kier alpha value is -1.65. The fraction of sp³-hybridized carbons (Fsp3) is 0.375. The Morgan fingerprint density at radius 3 is 2.43 bits per heavy atom. The second kappa shape index (κ2) is 6.00. The number of hydrogen-bond donors (Lipinski definition) is 1. The number of halogens is 1. The van der Waals surface area contributed by atoms with Gasteiger partial charge in [0.05, 0.1) is 16.9 Å². The molecule has 0 aliphatic heterocycles. The lowest BCUT2D eigenvalue weighted by atomic mass is 9.98. The third kappa shape index (κ3) is 3.52. The lowest BCUT2D eigenvalue weighted by Gasteiger charge is -2.19. The van der Waals surface area contributed by atoms with Gasteiger partial charge in [-0.25, -0.2) is 4.68 Å². The minimum absolute atomic E-state index is 0.248. The molecule has 1 N–H and O–H groups in total. The molecule has 0 saturated carbocycles. The molecule has 21 heavy (non-hydrogen) atoms. The molecule has 4 nitrogen and oxygen atoms in total. The van der Waals surface area contributed by atoms with E-state index in [1.54, 1.807) is 32.0 Å². The molecular formula is C16H19ClN2O2. The van der Waals surface area contributed by atoms with Gasteiger partial charge in [-0.05, 0) is 38.5 Å². The van der Waals surface area contributed by atoms with E-state index in [0.29, 0.717) is 22.8 Å². The Kier molecular flexibility index (Phi) is 4.49. The molecule has 2 aromatic rings. The Bertz CT molecular complexity index is 685. The first kappa shape index (κ1) is 15.7. The highest BCUT2D eigenvalue weighted by Crippen LogP contribution is 2.23. The van der Waals surface area contributed by atoms with Crippen molar-refractivity contribution in [3.63, 3.8) is 0 Å². The third-order valence-corrected chi connectivity index (χ3v) is 3.46. The van der Waals surface area contributed by atoms with Gasteiger partial charge in [0.2, 0.25) is 0 Å². The minimum Gasteiger partial charge on any atom is -0.386 e. The maximum absolute atomic E-state index is 12.4. The summed E-state index contributed by atoms with van der Waals surface area (Å²) in [4.78, 5) is 12.4. The van der Waals surface area contributed by atoms with Crippen molar-refractivity contribution >= 4 is 11.6 Å². The lowest BCUT2D eigenvalue weighted by Crippen LogP contribution is -2.33. The van der Waals surface area contributed by atoms with Crippen LogP contribution in [0.5, 0.6) is 0 Å². The highest BCUT2D eigenvalue weighted by Gasteiger charge is 2.23. The van der Waals surface area contributed by atoms with E-state index in [0.717, 1.165) is 12.0 Å². The summed E-state index contributed by atoms with van der Waals surface area (Å²) < 4.78 is 1.41. The van der Waals surface area contributed by atoms with Gasteiger partial charge in [-0.1, -0.05) is 30.7 Å². The molecule has 5 heteroatoms. The molecule has 0 aliphatic rings. The van der Waals surface area contributed by atoms with Crippen molar-refractivity contribution in [2.75, 3.05) is 0 Å². The number of hydrogen-bond acceptors (Lipinski definition) is 3. The van der Waals surface area contributed by atoms with E-state index >= 15 is 0 Å². The van der Waals surface area contributed by atoms with E-state index in [9.17, 15) is 9.90 Å². The van der Waals surface area contributed by atoms with Crippen LogP contribution in [0.25, 0.3) is 11.3 Å². The fourth-order valence-corrected chi connectivity index (χ4v) is 2.23. The second-order valence-electron chi connectivity index (χ2n) is 5.54. The van der Waals surface area contributed by atoms with Crippen LogP contribution in [-0.2, 0) is 12.1 Å². The first-order valence-electron chi connectivity index (χ1n) is 6.94. The third-order valence-electron chi connectivity index (χ3n) is 3.21. The largest absolute Gasteiger partial charge is 0.386 e. The van der Waals surface area contributed by atoms with Crippen molar-refractivity contribution < 1.29 is 5.11 Å². The first-order valence-corrected chi connectivity index (χ1v) is 7.31. The molecule has 1 heterocycles. The molecule has 0 spiro atoms. The van der Waals surface area contributed by atoms with Crippen LogP contribution in [0.2, 0.25) is 5.02 Å². The van der Waals surface area contributed by atoms with E-state index in [1.165, 1.54) is 4.68 Å². The zero-order chi connectivity index (χ0) is 15.6. The van der Waals surface area contributed by atoms with Gasteiger partial charge < -0.3 is 5.11 Å². The van der Waals surface area contributed by atoms with E-state index in [4.69, 9.17) is 11.6 Å². The maximum atomic E-state index is 12.4. The molecule has 0 radical (unpaired) electrons. The van der Waals surface area contributed by atoms with E-state index < -0.39 is 5.60 Å². The van der Waals surface area contributed by atoms with Crippen LogP contribution >= 0.6 is 11.6 Å². The summed E-state index contributed by atoms with van der Waals surface area (Å²) in [7, 11) is 0. The minimum atomic E-state index is -1.21. The van der Waals surface area contributed by atoms with Crippen LogP contribution < -0.4 is 5.56 Å². The van der Waals surface area contributed by atoms with E-state index in [-0.39, 0.29) is 5.56 Å². The number of benzene rings is 1. The highest BCUT2D eigenvalue weighted by atomic mass is 35.5. The first-order chi connectivity index (χ1) is 9.82.